The molecule has 0 aliphatic carbocycles. The molecule has 0 unspecified atom stereocenters. The van der Waals surface area contributed by atoms with E-state index < -0.39 is 0 Å². The number of amides is 1. The van der Waals surface area contributed by atoms with Gasteiger partial charge >= 0.3 is 0 Å². The number of likely N-dealkylation sites (tertiary alicyclic amines) is 1. The fourth-order valence-electron chi connectivity index (χ4n) is 3.11. The average molecular weight is 295 g/mol. The van der Waals surface area contributed by atoms with Crippen LogP contribution in [0.5, 0.6) is 0 Å². The van der Waals surface area contributed by atoms with Crippen LogP contribution < -0.4 is 0 Å². The normalized spacial score (nSPS) is 18.2. The molecule has 1 aromatic carbocycles. The summed E-state index contributed by atoms with van der Waals surface area (Å²) < 4.78 is 0. The number of benzene rings is 1. The van der Waals surface area contributed by atoms with Gasteiger partial charge in [-0.15, -0.1) is 5.10 Å². The van der Waals surface area contributed by atoms with Crippen molar-refractivity contribution in [3.8, 4) is 0 Å². The number of nitrogens with zero attached hydrogens (tertiary/aromatic N) is 3. The maximum absolute atomic E-state index is 12.6. The van der Waals surface area contributed by atoms with Crippen molar-refractivity contribution in [3.63, 3.8) is 0 Å². The van der Waals surface area contributed by atoms with Gasteiger partial charge in [0.1, 0.15) is 0 Å². The van der Waals surface area contributed by atoms with E-state index in [1.165, 1.54) is 12.0 Å². The predicted octanol–water partition coefficient (Wildman–Crippen LogP) is 3.10. The van der Waals surface area contributed by atoms with Crippen LogP contribution in [0, 0.1) is 0 Å². The van der Waals surface area contributed by atoms with E-state index >= 15 is 0 Å². The Bertz CT molecular complexity index is 600. The van der Waals surface area contributed by atoms with Crippen LogP contribution in [-0.2, 0) is 6.42 Å². The molecule has 22 heavy (non-hydrogen) atoms. The summed E-state index contributed by atoms with van der Waals surface area (Å²) in [5.74, 6) is 0.0193. The summed E-state index contributed by atoms with van der Waals surface area (Å²) >= 11 is 0. The topological polar surface area (TPSA) is 46.1 Å². The van der Waals surface area contributed by atoms with Crippen molar-refractivity contribution >= 4 is 5.91 Å². The minimum absolute atomic E-state index is 0.0193. The van der Waals surface area contributed by atoms with Crippen molar-refractivity contribution in [2.45, 2.75) is 38.1 Å². The van der Waals surface area contributed by atoms with E-state index in [-0.39, 0.29) is 5.91 Å². The van der Waals surface area contributed by atoms with E-state index in [2.05, 4.69) is 34.5 Å². The molecular weight excluding hydrogens is 274 g/mol. The SMILES string of the molecule is O=C(c1cccnn1)N1CCCC[C@@H]1CCc1ccccc1. The number of aromatic nitrogens is 2. The molecule has 1 fully saturated rings. The molecule has 2 heterocycles. The predicted molar refractivity (Wildman–Crippen MR) is 85.5 cm³/mol. The van der Waals surface area contributed by atoms with Crippen molar-refractivity contribution in [3.05, 3.63) is 59.9 Å². The third-order valence-electron chi connectivity index (χ3n) is 4.29. The molecule has 4 nitrogen and oxygen atoms in total. The highest BCUT2D eigenvalue weighted by Gasteiger charge is 2.27. The second-order valence-electron chi connectivity index (χ2n) is 5.78. The first-order valence-corrected chi connectivity index (χ1v) is 7.97. The minimum Gasteiger partial charge on any atom is -0.334 e. The van der Waals surface area contributed by atoms with Crippen molar-refractivity contribution in [2.75, 3.05) is 6.54 Å². The molecule has 4 heteroatoms. The molecule has 1 aliphatic heterocycles. The fourth-order valence-corrected chi connectivity index (χ4v) is 3.11. The first kappa shape index (κ1) is 14.7. The van der Waals surface area contributed by atoms with E-state index in [9.17, 15) is 4.79 Å². The van der Waals surface area contributed by atoms with Crippen molar-refractivity contribution in [1.29, 1.82) is 0 Å². The van der Waals surface area contributed by atoms with Crippen LogP contribution in [0.15, 0.2) is 48.7 Å². The summed E-state index contributed by atoms with van der Waals surface area (Å²) in [4.78, 5) is 14.6. The molecule has 1 saturated heterocycles. The lowest BCUT2D eigenvalue weighted by Gasteiger charge is -2.35. The highest BCUT2D eigenvalue weighted by atomic mass is 16.2. The summed E-state index contributed by atoms with van der Waals surface area (Å²) in [5, 5.41) is 7.79. The molecule has 1 atom stereocenters. The first-order chi connectivity index (χ1) is 10.8. The summed E-state index contributed by atoms with van der Waals surface area (Å²) in [6.45, 7) is 0.828. The Hall–Kier alpha value is -2.23. The van der Waals surface area contributed by atoms with E-state index in [0.717, 1.165) is 32.2 Å². The summed E-state index contributed by atoms with van der Waals surface area (Å²) in [6, 6.07) is 14.3. The Kier molecular flexibility index (Phi) is 4.78. The van der Waals surface area contributed by atoms with Crippen LogP contribution in [0.3, 0.4) is 0 Å². The van der Waals surface area contributed by atoms with Gasteiger partial charge in [-0.3, -0.25) is 4.79 Å². The van der Waals surface area contributed by atoms with Crippen LogP contribution in [-0.4, -0.2) is 33.6 Å². The lowest BCUT2D eigenvalue weighted by atomic mass is 9.95. The summed E-state index contributed by atoms with van der Waals surface area (Å²) in [5.41, 5.74) is 1.79. The minimum atomic E-state index is 0.0193. The van der Waals surface area contributed by atoms with Gasteiger partial charge in [0.05, 0.1) is 0 Å². The van der Waals surface area contributed by atoms with E-state index in [1.807, 2.05) is 11.0 Å². The molecule has 2 aromatic rings. The second-order valence-corrected chi connectivity index (χ2v) is 5.78. The van der Waals surface area contributed by atoms with Gasteiger partial charge in [0.2, 0.25) is 0 Å². The van der Waals surface area contributed by atoms with Crippen molar-refractivity contribution in [1.82, 2.24) is 15.1 Å². The van der Waals surface area contributed by atoms with Gasteiger partial charge in [0.25, 0.3) is 5.91 Å². The molecule has 0 N–H and O–H groups in total. The van der Waals surface area contributed by atoms with Crippen LogP contribution >= 0.6 is 0 Å². The second kappa shape index (κ2) is 7.16. The number of aryl methyl sites for hydroxylation is 1. The number of hydrogen-bond acceptors (Lipinski definition) is 3. The van der Waals surface area contributed by atoms with Crippen LogP contribution in [0.4, 0.5) is 0 Å². The molecule has 0 spiro atoms. The Morgan fingerprint density at radius 3 is 2.77 bits per heavy atom. The Balaban J connectivity index is 1.67. The van der Waals surface area contributed by atoms with Gasteiger partial charge in [0.15, 0.2) is 5.69 Å². The van der Waals surface area contributed by atoms with Gasteiger partial charge in [-0.25, -0.2) is 0 Å². The molecule has 114 valence electrons. The zero-order valence-corrected chi connectivity index (χ0v) is 12.7. The lowest BCUT2D eigenvalue weighted by molar-refractivity contribution is 0.0594. The zero-order valence-electron chi connectivity index (χ0n) is 12.7. The molecule has 1 amide bonds. The molecule has 3 rings (SSSR count). The van der Waals surface area contributed by atoms with Gasteiger partial charge in [-0.2, -0.15) is 5.10 Å². The van der Waals surface area contributed by atoms with Gasteiger partial charge < -0.3 is 4.90 Å². The largest absolute Gasteiger partial charge is 0.334 e. The fraction of sp³-hybridized carbons (Fsp3) is 0.389. The quantitative estimate of drug-likeness (QED) is 0.870. The Labute approximate surface area is 131 Å². The monoisotopic (exact) mass is 295 g/mol. The van der Waals surface area contributed by atoms with Crippen LogP contribution in [0.1, 0.15) is 41.7 Å². The highest BCUT2D eigenvalue weighted by molar-refractivity contribution is 5.92. The number of piperidine rings is 1. The molecule has 0 saturated carbocycles. The molecule has 1 aliphatic rings. The zero-order chi connectivity index (χ0) is 15.2. The molecular formula is C18H21N3O. The van der Waals surface area contributed by atoms with Crippen LogP contribution in [0.2, 0.25) is 0 Å². The summed E-state index contributed by atoms with van der Waals surface area (Å²) in [6.07, 6.45) is 6.97. The number of rotatable bonds is 4. The number of carbonyl (C=O) groups excluding carboxylic acids is 1. The van der Waals surface area contributed by atoms with Crippen molar-refractivity contribution in [2.24, 2.45) is 0 Å². The van der Waals surface area contributed by atoms with E-state index in [4.69, 9.17) is 0 Å². The maximum atomic E-state index is 12.6. The lowest BCUT2D eigenvalue weighted by Crippen LogP contribution is -2.44. The van der Waals surface area contributed by atoms with Crippen molar-refractivity contribution < 1.29 is 4.79 Å². The standard InChI is InChI=1S/C18H21N3O/c22-18(17-10-6-13-19-20-17)21-14-5-4-9-16(21)12-11-15-7-2-1-3-8-15/h1-3,6-8,10,13,16H,4-5,9,11-12,14H2/t16-/m1/s1. The average Bonchev–Trinajstić information content (AvgIpc) is 2.61. The Morgan fingerprint density at radius 2 is 2.00 bits per heavy atom. The number of carbonyl (C=O) groups is 1. The smallest absolute Gasteiger partial charge is 0.274 e. The summed E-state index contributed by atoms with van der Waals surface area (Å²) in [7, 11) is 0. The number of hydrogen-bond donors (Lipinski definition) is 0. The molecule has 1 aromatic heterocycles. The van der Waals surface area contributed by atoms with Gasteiger partial charge in [0, 0.05) is 18.8 Å². The molecule has 0 radical (unpaired) electrons. The highest BCUT2D eigenvalue weighted by Crippen LogP contribution is 2.23. The maximum Gasteiger partial charge on any atom is 0.274 e. The first-order valence-electron chi connectivity index (χ1n) is 7.97. The van der Waals surface area contributed by atoms with Crippen LogP contribution in [0.25, 0.3) is 0 Å². The third-order valence-corrected chi connectivity index (χ3v) is 4.29. The third kappa shape index (κ3) is 3.50. The molecule has 0 bridgehead atoms. The van der Waals surface area contributed by atoms with E-state index in [1.54, 1.807) is 18.3 Å². The van der Waals surface area contributed by atoms with Gasteiger partial charge in [-0.1, -0.05) is 30.3 Å². The van der Waals surface area contributed by atoms with Gasteiger partial charge in [-0.05, 0) is 49.8 Å². The Morgan fingerprint density at radius 1 is 1.14 bits per heavy atom. The van der Waals surface area contributed by atoms with E-state index in [0.29, 0.717) is 11.7 Å².